The fourth-order valence-electron chi connectivity index (χ4n) is 1.20. The van der Waals surface area contributed by atoms with Gasteiger partial charge in [-0.05, 0) is 6.07 Å². The van der Waals surface area contributed by atoms with Crippen molar-refractivity contribution in [1.82, 2.24) is 8.75 Å². The number of rotatable bonds is 1. The smallest absolute Gasteiger partial charge is 0.258 e. The molecule has 2 aromatic rings. The monoisotopic (exact) mass is 249 g/mol. The Hall–Kier alpha value is -1.77. The fraction of sp³-hybridized carbons (Fsp3) is 0.143. The van der Waals surface area contributed by atoms with Crippen LogP contribution in [0.5, 0.6) is 0 Å². The average molecular weight is 249 g/mol. The lowest BCUT2D eigenvalue weighted by Crippen LogP contribution is -2.08. The third-order valence-electron chi connectivity index (χ3n) is 1.87. The third-order valence-corrected chi connectivity index (χ3v) is 2.43. The summed E-state index contributed by atoms with van der Waals surface area (Å²) >= 11 is 0.703. The molecule has 5 nitrogen and oxygen atoms in total. The number of hydrogen-bond donors (Lipinski definition) is 0. The van der Waals surface area contributed by atoms with Crippen LogP contribution < -0.4 is 0 Å². The number of nitro benzene ring substituents is 1. The van der Waals surface area contributed by atoms with E-state index in [0.717, 1.165) is 6.07 Å². The largest absolute Gasteiger partial charge is 0.423 e. The summed E-state index contributed by atoms with van der Waals surface area (Å²) < 4.78 is 44.7. The number of halogens is 3. The van der Waals surface area contributed by atoms with Crippen LogP contribution in [0.3, 0.4) is 0 Å². The molecule has 2 rings (SSSR count). The Morgan fingerprint density at radius 3 is 2.31 bits per heavy atom. The van der Waals surface area contributed by atoms with Crippen LogP contribution in [-0.4, -0.2) is 13.7 Å². The minimum Gasteiger partial charge on any atom is -0.258 e. The Morgan fingerprint density at radius 1 is 1.25 bits per heavy atom. The highest BCUT2D eigenvalue weighted by atomic mass is 32.1. The average Bonchev–Trinajstić information content (AvgIpc) is 2.60. The lowest BCUT2D eigenvalue weighted by molar-refractivity contribution is -0.387. The zero-order valence-electron chi connectivity index (χ0n) is 7.35. The van der Waals surface area contributed by atoms with Crippen molar-refractivity contribution in [3.05, 3.63) is 27.8 Å². The summed E-state index contributed by atoms with van der Waals surface area (Å²) in [6, 6.07) is 1.42. The first kappa shape index (κ1) is 10.7. The van der Waals surface area contributed by atoms with Crippen LogP contribution in [0, 0.1) is 10.1 Å². The first-order chi connectivity index (χ1) is 7.39. The van der Waals surface area contributed by atoms with Crippen molar-refractivity contribution in [1.29, 1.82) is 0 Å². The minimum absolute atomic E-state index is 0.00271. The van der Waals surface area contributed by atoms with Gasteiger partial charge >= 0.3 is 6.18 Å². The second kappa shape index (κ2) is 3.37. The predicted molar refractivity (Wildman–Crippen MR) is 49.1 cm³/mol. The van der Waals surface area contributed by atoms with Crippen molar-refractivity contribution >= 4 is 28.4 Å². The van der Waals surface area contributed by atoms with Gasteiger partial charge in [-0.3, -0.25) is 10.1 Å². The van der Waals surface area contributed by atoms with E-state index >= 15 is 0 Å². The molecule has 0 fully saturated rings. The van der Waals surface area contributed by atoms with Gasteiger partial charge in [0, 0.05) is 6.07 Å². The van der Waals surface area contributed by atoms with E-state index in [0.29, 0.717) is 17.8 Å². The summed E-state index contributed by atoms with van der Waals surface area (Å²) in [5, 5.41) is 10.5. The van der Waals surface area contributed by atoms with Gasteiger partial charge in [0.2, 0.25) is 0 Å². The second-order valence-electron chi connectivity index (χ2n) is 2.88. The summed E-state index contributed by atoms with van der Waals surface area (Å²) in [4.78, 5) is 9.41. The molecule has 0 atom stereocenters. The number of fused-ring (bicyclic) bond motifs is 1. The molecule has 0 spiro atoms. The maximum Gasteiger partial charge on any atom is 0.423 e. The molecule has 9 heteroatoms. The first-order valence-electron chi connectivity index (χ1n) is 3.87. The lowest BCUT2D eigenvalue weighted by atomic mass is 10.1. The molecule has 0 saturated carbocycles. The van der Waals surface area contributed by atoms with Gasteiger partial charge in [0.15, 0.2) is 0 Å². The molecule has 0 aliphatic rings. The zero-order valence-corrected chi connectivity index (χ0v) is 8.17. The number of benzene rings is 1. The molecule has 0 aliphatic heterocycles. The Bertz CT molecular complexity index is 565. The van der Waals surface area contributed by atoms with Gasteiger partial charge in [0.05, 0.1) is 16.7 Å². The molecule has 0 unspecified atom stereocenters. The van der Waals surface area contributed by atoms with Gasteiger partial charge in [-0.15, -0.1) is 0 Å². The quantitative estimate of drug-likeness (QED) is 0.575. The van der Waals surface area contributed by atoms with E-state index in [1.54, 1.807) is 0 Å². The Kier molecular flexibility index (Phi) is 2.26. The number of hydrogen-bond acceptors (Lipinski definition) is 5. The molecular weight excluding hydrogens is 247 g/mol. The van der Waals surface area contributed by atoms with Gasteiger partial charge in [-0.25, -0.2) is 0 Å². The van der Waals surface area contributed by atoms with E-state index in [9.17, 15) is 23.3 Å². The van der Waals surface area contributed by atoms with Crippen molar-refractivity contribution in [2.24, 2.45) is 0 Å². The van der Waals surface area contributed by atoms with Crippen LogP contribution in [0.15, 0.2) is 12.1 Å². The van der Waals surface area contributed by atoms with Gasteiger partial charge in [-0.1, -0.05) is 0 Å². The number of alkyl halides is 3. The van der Waals surface area contributed by atoms with E-state index in [2.05, 4.69) is 8.75 Å². The fourth-order valence-corrected chi connectivity index (χ4v) is 1.71. The van der Waals surface area contributed by atoms with Crippen molar-refractivity contribution < 1.29 is 18.1 Å². The number of aromatic nitrogens is 2. The number of nitro groups is 1. The van der Waals surface area contributed by atoms with Crippen LogP contribution >= 0.6 is 11.7 Å². The van der Waals surface area contributed by atoms with E-state index < -0.39 is 22.4 Å². The molecule has 1 aromatic carbocycles. The molecule has 1 aromatic heterocycles. The van der Waals surface area contributed by atoms with E-state index in [1.807, 2.05) is 0 Å². The summed E-state index contributed by atoms with van der Waals surface area (Å²) in [6.45, 7) is 0. The maximum atomic E-state index is 12.5. The Balaban J connectivity index is 2.77. The van der Waals surface area contributed by atoms with Gasteiger partial charge in [-0.2, -0.15) is 21.9 Å². The SMILES string of the molecule is O=[N+]([O-])c1cc2nsnc2cc1C(F)(F)F. The highest BCUT2D eigenvalue weighted by Crippen LogP contribution is 2.37. The Labute approximate surface area is 90.0 Å². The summed E-state index contributed by atoms with van der Waals surface area (Å²) in [6.07, 6.45) is -4.78. The molecule has 16 heavy (non-hydrogen) atoms. The standard InChI is InChI=1S/C7H2F3N3O2S/c8-7(9,10)3-1-4-5(12-16-11-4)2-6(3)13(14)15/h1-2H. The Morgan fingerprint density at radius 2 is 1.81 bits per heavy atom. The van der Waals surface area contributed by atoms with Crippen LogP contribution in [0.1, 0.15) is 5.56 Å². The molecule has 1 heterocycles. The second-order valence-corrected chi connectivity index (χ2v) is 3.41. The maximum absolute atomic E-state index is 12.5. The van der Waals surface area contributed by atoms with Crippen LogP contribution in [-0.2, 0) is 6.18 Å². The highest BCUT2D eigenvalue weighted by molar-refractivity contribution is 7.00. The first-order valence-corrected chi connectivity index (χ1v) is 4.60. The van der Waals surface area contributed by atoms with E-state index in [-0.39, 0.29) is 11.0 Å². The van der Waals surface area contributed by atoms with Crippen molar-refractivity contribution in [3.63, 3.8) is 0 Å². The third kappa shape index (κ3) is 1.69. The van der Waals surface area contributed by atoms with E-state index in [1.165, 1.54) is 0 Å². The van der Waals surface area contributed by atoms with Crippen LogP contribution in [0.2, 0.25) is 0 Å². The summed E-state index contributed by atoms with van der Waals surface area (Å²) in [5.74, 6) is 0. The van der Waals surface area contributed by atoms with Crippen molar-refractivity contribution in [2.75, 3.05) is 0 Å². The molecule has 0 bridgehead atoms. The molecule has 0 amide bonds. The number of nitrogens with zero attached hydrogens (tertiary/aromatic N) is 3. The molecule has 84 valence electrons. The normalized spacial score (nSPS) is 11.9. The van der Waals surface area contributed by atoms with Gasteiger partial charge in [0.1, 0.15) is 16.6 Å². The van der Waals surface area contributed by atoms with Crippen molar-refractivity contribution in [3.8, 4) is 0 Å². The van der Waals surface area contributed by atoms with Crippen molar-refractivity contribution in [2.45, 2.75) is 6.18 Å². The lowest BCUT2D eigenvalue weighted by Gasteiger charge is -2.06. The summed E-state index contributed by atoms with van der Waals surface area (Å²) in [7, 11) is 0. The topological polar surface area (TPSA) is 68.9 Å². The predicted octanol–water partition coefficient (Wildman–Crippen LogP) is 2.62. The minimum atomic E-state index is -4.78. The van der Waals surface area contributed by atoms with Gasteiger partial charge in [0.25, 0.3) is 5.69 Å². The van der Waals surface area contributed by atoms with Gasteiger partial charge < -0.3 is 0 Å². The highest BCUT2D eigenvalue weighted by Gasteiger charge is 2.39. The van der Waals surface area contributed by atoms with Crippen LogP contribution in [0.25, 0.3) is 11.0 Å². The molecule has 0 radical (unpaired) electrons. The molecular formula is C7H2F3N3O2S. The summed E-state index contributed by atoms with van der Waals surface area (Å²) in [5.41, 5.74) is -2.22. The zero-order chi connectivity index (χ0) is 11.9. The van der Waals surface area contributed by atoms with Crippen LogP contribution in [0.4, 0.5) is 18.9 Å². The molecule has 0 aliphatic carbocycles. The van der Waals surface area contributed by atoms with E-state index in [4.69, 9.17) is 0 Å². The molecule has 0 saturated heterocycles. The molecule has 0 N–H and O–H groups in total.